The van der Waals surface area contributed by atoms with Crippen LogP contribution in [0.15, 0.2) is 53.3 Å². The lowest BCUT2D eigenvalue weighted by Gasteiger charge is -2.38. The number of rotatable bonds is 4. The Morgan fingerprint density at radius 1 is 1.20 bits per heavy atom. The van der Waals surface area contributed by atoms with Crippen LogP contribution in [0.5, 0.6) is 0 Å². The molecule has 4 amide bonds. The van der Waals surface area contributed by atoms with Gasteiger partial charge in [0, 0.05) is 57.6 Å². The zero-order valence-electron chi connectivity index (χ0n) is 17.4. The van der Waals surface area contributed by atoms with Crippen molar-refractivity contribution in [1.82, 2.24) is 25.9 Å². The van der Waals surface area contributed by atoms with E-state index in [-0.39, 0.29) is 18.1 Å². The average Bonchev–Trinajstić information content (AvgIpc) is 2.74. The lowest BCUT2D eigenvalue weighted by Crippen LogP contribution is -2.53. The van der Waals surface area contributed by atoms with Gasteiger partial charge < -0.3 is 20.4 Å². The van der Waals surface area contributed by atoms with Crippen LogP contribution in [0.4, 0.5) is 9.59 Å². The third-order valence-electron chi connectivity index (χ3n) is 5.46. The quantitative estimate of drug-likeness (QED) is 0.663. The van der Waals surface area contributed by atoms with Crippen LogP contribution in [-0.4, -0.2) is 66.8 Å². The second-order valence-corrected chi connectivity index (χ2v) is 7.51. The number of piperidine rings is 1. The van der Waals surface area contributed by atoms with Gasteiger partial charge in [-0.25, -0.2) is 9.59 Å². The number of likely N-dealkylation sites (tertiary alicyclic amines) is 1. The van der Waals surface area contributed by atoms with Gasteiger partial charge in [-0.3, -0.25) is 5.43 Å². The predicted octanol–water partition coefficient (Wildman–Crippen LogP) is 2.50. The summed E-state index contributed by atoms with van der Waals surface area (Å²) >= 11 is 0. The predicted molar refractivity (Wildman–Crippen MR) is 119 cm³/mol. The minimum absolute atomic E-state index is 0.0158. The molecule has 0 bridgehead atoms. The Balaban J connectivity index is 1.42. The van der Waals surface area contributed by atoms with Crippen molar-refractivity contribution in [3.63, 3.8) is 0 Å². The molecule has 30 heavy (non-hydrogen) atoms. The highest BCUT2D eigenvalue weighted by Crippen LogP contribution is 2.18. The fraction of sp³-hybridized carbons (Fsp3) is 0.500. The molecular weight excluding hydrogens is 380 g/mol. The Bertz CT molecular complexity index is 732. The third kappa shape index (κ3) is 6.79. The summed E-state index contributed by atoms with van der Waals surface area (Å²) in [5.41, 5.74) is 4.00. The van der Waals surface area contributed by atoms with Crippen LogP contribution >= 0.6 is 0 Å². The molecule has 8 heteroatoms. The van der Waals surface area contributed by atoms with Crippen LogP contribution in [0, 0.1) is 0 Å². The van der Waals surface area contributed by atoms with Crippen molar-refractivity contribution in [2.24, 2.45) is 5.10 Å². The molecule has 162 valence electrons. The van der Waals surface area contributed by atoms with E-state index in [0.717, 1.165) is 32.1 Å². The maximum atomic E-state index is 12.5. The highest BCUT2D eigenvalue weighted by atomic mass is 16.2. The molecule has 0 atom stereocenters. The van der Waals surface area contributed by atoms with E-state index in [2.05, 4.69) is 33.3 Å². The van der Waals surface area contributed by atoms with Gasteiger partial charge in [0.15, 0.2) is 0 Å². The van der Waals surface area contributed by atoms with E-state index >= 15 is 0 Å². The lowest BCUT2D eigenvalue weighted by molar-refractivity contribution is 0.128. The number of hydrogen-bond donors (Lipinski definition) is 3. The summed E-state index contributed by atoms with van der Waals surface area (Å²) in [6, 6.07) is 0.130. The number of nitrogens with one attached hydrogen (secondary N) is 3. The molecule has 3 aliphatic rings. The molecule has 3 rings (SSSR count). The standard InChI is InChI=1S/C22H32N6O2/c29-21(24-14-8-19-7-6-13-25-26-15-9-19)27-17-10-20(11-18-27)28-16-5-3-1-2-4-12-23-22(28)30/h1-4,7,9,13,15,20,26H,5-6,8,10-12,14,16-18H2,(H,23,30)(H,24,29)/b3-1-,4-2-,15-9-,19-7-,25-13-. The number of nitrogens with zero attached hydrogens (tertiary/aromatic N) is 3. The smallest absolute Gasteiger partial charge is 0.317 e. The van der Waals surface area contributed by atoms with E-state index in [4.69, 9.17) is 0 Å². The van der Waals surface area contributed by atoms with Crippen molar-refractivity contribution < 1.29 is 9.59 Å². The molecule has 1 fully saturated rings. The van der Waals surface area contributed by atoms with Crippen molar-refractivity contribution in [2.45, 2.75) is 38.1 Å². The molecule has 0 aromatic heterocycles. The fourth-order valence-electron chi connectivity index (χ4n) is 3.79. The van der Waals surface area contributed by atoms with Crippen LogP contribution in [-0.2, 0) is 0 Å². The molecule has 0 radical (unpaired) electrons. The highest BCUT2D eigenvalue weighted by Gasteiger charge is 2.29. The van der Waals surface area contributed by atoms with E-state index in [0.29, 0.717) is 32.7 Å². The zero-order valence-corrected chi connectivity index (χ0v) is 17.4. The van der Waals surface area contributed by atoms with Gasteiger partial charge in [-0.2, -0.15) is 5.10 Å². The lowest BCUT2D eigenvalue weighted by atomic mass is 10.0. The molecule has 3 N–H and O–H groups in total. The van der Waals surface area contributed by atoms with Crippen molar-refractivity contribution in [3.05, 3.63) is 48.2 Å². The molecular formula is C22H32N6O2. The summed E-state index contributed by atoms with van der Waals surface area (Å²) in [5, 5.41) is 9.95. The number of hydrazone groups is 1. The number of urea groups is 2. The fourth-order valence-corrected chi connectivity index (χ4v) is 3.79. The summed E-state index contributed by atoms with van der Waals surface area (Å²) in [6.45, 7) is 3.17. The van der Waals surface area contributed by atoms with Crippen LogP contribution in [0.2, 0.25) is 0 Å². The summed E-state index contributed by atoms with van der Waals surface area (Å²) < 4.78 is 0. The molecule has 0 aliphatic carbocycles. The number of carbonyl (C=O) groups is 2. The van der Waals surface area contributed by atoms with E-state index in [1.165, 1.54) is 5.57 Å². The number of hydrogen-bond acceptors (Lipinski definition) is 4. The second-order valence-electron chi connectivity index (χ2n) is 7.51. The van der Waals surface area contributed by atoms with Gasteiger partial charge in [-0.15, -0.1) is 0 Å². The third-order valence-corrected chi connectivity index (χ3v) is 5.46. The van der Waals surface area contributed by atoms with Gasteiger partial charge in [-0.05, 0) is 37.3 Å². The minimum Gasteiger partial charge on any atom is -0.338 e. The van der Waals surface area contributed by atoms with Crippen LogP contribution in [0.25, 0.3) is 0 Å². The molecule has 8 nitrogen and oxygen atoms in total. The van der Waals surface area contributed by atoms with Gasteiger partial charge in [0.2, 0.25) is 0 Å². The van der Waals surface area contributed by atoms with Crippen molar-refractivity contribution in [3.8, 4) is 0 Å². The Hall–Kier alpha value is -3.03. The number of carbonyl (C=O) groups excluding carboxylic acids is 2. The molecule has 3 aliphatic heterocycles. The van der Waals surface area contributed by atoms with Crippen LogP contribution in [0.3, 0.4) is 0 Å². The van der Waals surface area contributed by atoms with Gasteiger partial charge in [0.25, 0.3) is 0 Å². The highest BCUT2D eigenvalue weighted by molar-refractivity contribution is 5.75. The van der Waals surface area contributed by atoms with Crippen molar-refractivity contribution in [2.75, 3.05) is 32.7 Å². The zero-order chi connectivity index (χ0) is 21.0. The first-order valence-corrected chi connectivity index (χ1v) is 10.8. The van der Waals surface area contributed by atoms with Gasteiger partial charge in [-0.1, -0.05) is 30.4 Å². The summed E-state index contributed by atoms with van der Waals surface area (Å²) in [6.07, 6.45) is 19.7. The van der Waals surface area contributed by atoms with Crippen molar-refractivity contribution >= 4 is 18.3 Å². The van der Waals surface area contributed by atoms with Crippen LogP contribution in [0.1, 0.15) is 32.1 Å². The Labute approximate surface area is 178 Å². The Kier molecular flexibility index (Phi) is 8.56. The first kappa shape index (κ1) is 21.7. The summed E-state index contributed by atoms with van der Waals surface area (Å²) in [4.78, 5) is 28.8. The van der Waals surface area contributed by atoms with E-state index in [1.54, 1.807) is 6.20 Å². The SMILES string of the molecule is O=C(NCCC1=C/C/C=N\N/C=C\1)N1CCC(N2CC/C=C\C=C/CNC2=O)CC1. The van der Waals surface area contributed by atoms with Crippen molar-refractivity contribution in [1.29, 1.82) is 0 Å². The van der Waals surface area contributed by atoms with Gasteiger partial charge in [0.05, 0.1) is 0 Å². The van der Waals surface area contributed by atoms with E-state index in [1.807, 2.05) is 40.3 Å². The first-order chi connectivity index (χ1) is 14.7. The summed E-state index contributed by atoms with van der Waals surface area (Å²) in [7, 11) is 0. The van der Waals surface area contributed by atoms with Crippen LogP contribution < -0.4 is 16.1 Å². The maximum absolute atomic E-state index is 12.5. The maximum Gasteiger partial charge on any atom is 0.317 e. The molecule has 0 unspecified atom stereocenters. The minimum atomic E-state index is -0.0259. The topological polar surface area (TPSA) is 89.1 Å². The largest absolute Gasteiger partial charge is 0.338 e. The Morgan fingerprint density at radius 3 is 2.90 bits per heavy atom. The average molecular weight is 413 g/mol. The van der Waals surface area contributed by atoms with Gasteiger partial charge >= 0.3 is 12.1 Å². The molecule has 0 aromatic carbocycles. The first-order valence-electron chi connectivity index (χ1n) is 10.8. The molecule has 0 saturated carbocycles. The Morgan fingerprint density at radius 2 is 2.03 bits per heavy atom. The monoisotopic (exact) mass is 412 g/mol. The molecule has 1 saturated heterocycles. The molecule has 3 heterocycles. The number of allylic oxidation sites excluding steroid dienone is 4. The molecule has 0 spiro atoms. The van der Waals surface area contributed by atoms with E-state index < -0.39 is 0 Å². The van der Waals surface area contributed by atoms with Gasteiger partial charge in [0.1, 0.15) is 0 Å². The molecule has 0 aromatic rings. The number of amides is 4. The van der Waals surface area contributed by atoms with E-state index in [9.17, 15) is 9.59 Å². The normalized spacial score (nSPS) is 26.7. The second kappa shape index (κ2) is 11.8. The summed E-state index contributed by atoms with van der Waals surface area (Å²) in [5.74, 6) is 0.